The van der Waals surface area contributed by atoms with Crippen LogP contribution in [-0.2, 0) is 0 Å². The maximum atomic E-state index is 6.09. The predicted molar refractivity (Wildman–Crippen MR) is 60.0 cm³/mol. The zero-order valence-corrected chi connectivity index (χ0v) is 9.25. The fourth-order valence-corrected chi connectivity index (χ4v) is 1.90. The quantitative estimate of drug-likeness (QED) is 0.761. The first-order chi connectivity index (χ1) is 6.15. The van der Waals surface area contributed by atoms with Gasteiger partial charge in [0.1, 0.15) is 0 Å². The molecule has 0 bridgehead atoms. The topological polar surface area (TPSA) is 26.0 Å². The van der Waals surface area contributed by atoms with Crippen LogP contribution in [0.1, 0.15) is 12.5 Å². The van der Waals surface area contributed by atoms with Gasteiger partial charge >= 0.3 is 0 Å². The second-order valence-corrected chi connectivity index (χ2v) is 4.17. The van der Waals surface area contributed by atoms with Gasteiger partial charge in [0, 0.05) is 4.90 Å². The summed E-state index contributed by atoms with van der Waals surface area (Å²) < 4.78 is 0. The lowest BCUT2D eigenvalue weighted by atomic mass is 10.2. The normalized spacial score (nSPS) is 11.8. The molecule has 0 unspecified atom stereocenters. The Balaban J connectivity index is 2.96. The van der Waals surface area contributed by atoms with Crippen LogP contribution in [0, 0.1) is 6.92 Å². The first-order valence-corrected chi connectivity index (χ1v) is 5.19. The van der Waals surface area contributed by atoms with Crippen molar-refractivity contribution >= 4 is 23.4 Å². The predicted octanol–water partition coefficient (Wildman–Crippen LogP) is 3.56. The molecule has 1 nitrogen and oxygen atoms in total. The minimum absolute atomic E-state index is 0.771. The molecule has 0 aromatic heterocycles. The number of benzene rings is 1. The van der Waals surface area contributed by atoms with Gasteiger partial charge in [-0.25, -0.2) is 0 Å². The van der Waals surface area contributed by atoms with E-state index in [2.05, 4.69) is 0 Å². The Morgan fingerprint density at radius 3 is 2.85 bits per heavy atom. The lowest BCUT2D eigenvalue weighted by Gasteiger charge is -2.05. The van der Waals surface area contributed by atoms with E-state index in [0.717, 1.165) is 20.5 Å². The molecule has 0 saturated carbocycles. The molecule has 3 heteroatoms. The molecule has 0 atom stereocenters. The van der Waals surface area contributed by atoms with Crippen molar-refractivity contribution in [1.29, 1.82) is 0 Å². The van der Waals surface area contributed by atoms with Crippen molar-refractivity contribution in [3.8, 4) is 0 Å². The molecule has 0 saturated heterocycles. The van der Waals surface area contributed by atoms with E-state index in [-0.39, 0.29) is 0 Å². The maximum Gasteiger partial charge on any atom is 0.0660 e. The van der Waals surface area contributed by atoms with Crippen molar-refractivity contribution in [2.75, 3.05) is 0 Å². The number of hydrogen-bond donors (Lipinski definition) is 1. The zero-order chi connectivity index (χ0) is 9.84. The molecule has 1 aromatic rings. The smallest absolute Gasteiger partial charge is 0.0660 e. The number of hydrogen-bond acceptors (Lipinski definition) is 2. The van der Waals surface area contributed by atoms with Crippen LogP contribution in [0.25, 0.3) is 0 Å². The SMILES string of the molecule is C/C=C(\N)Sc1cccc(C)c1Cl. The van der Waals surface area contributed by atoms with E-state index in [1.165, 1.54) is 11.8 Å². The van der Waals surface area contributed by atoms with E-state index < -0.39 is 0 Å². The van der Waals surface area contributed by atoms with Gasteiger partial charge in [0.25, 0.3) is 0 Å². The van der Waals surface area contributed by atoms with E-state index in [1.54, 1.807) is 0 Å². The summed E-state index contributed by atoms with van der Waals surface area (Å²) in [6.07, 6.45) is 1.86. The molecule has 0 radical (unpaired) electrons. The molecule has 70 valence electrons. The van der Waals surface area contributed by atoms with Gasteiger partial charge in [-0.15, -0.1) is 0 Å². The Morgan fingerprint density at radius 1 is 1.54 bits per heavy atom. The summed E-state index contributed by atoms with van der Waals surface area (Å²) in [7, 11) is 0. The zero-order valence-electron chi connectivity index (χ0n) is 7.67. The first-order valence-electron chi connectivity index (χ1n) is 4.00. The third-order valence-electron chi connectivity index (χ3n) is 1.67. The second-order valence-electron chi connectivity index (χ2n) is 2.68. The Kier molecular flexibility index (Phi) is 3.70. The third kappa shape index (κ3) is 2.68. The molecule has 0 aliphatic heterocycles. The molecule has 0 aliphatic carbocycles. The highest BCUT2D eigenvalue weighted by atomic mass is 35.5. The van der Waals surface area contributed by atoms with Crippen molar-refractivity contribution < 1.29 is 0 Å². The van der Waals surface area contributed by atoms with Gasteiger partial charge in [0.2, 0.25) is 0 Å². The Labute approximate surface area is 88.0 Å². The highest BCUT2D eigenvalue weighted by Gasteiger charge is 2.03. The van der Waals surface area contributed by atoms with Crippen molar-refractivity contribution in [2.45, 2.75) is 18.7 Å². The van der Waals surface area contributed by atoms with Crippen LogP contribution in [0.5, 0.6) is 0 Å². The molecular formula is C10H12ClNS. The molecule has 1 rings (SSSR count). The average Bonchev–Trinajstić information content (AvgIpc) is 2.13. The Hall–Kier alpha value is -0.600. The van der Waals surface area contributed by atoms with E-state index >= 15 is 0 Å². The summed E-state index contributed by atoms with van der Waals surface area (Å²) in [6.45, 7) is 3.89. The van der Waals surface area contributed by atoms with Crippen molar-refractivity contribution in [2.24, 2.45) is 5.73 Å². The molecule has 0 aliphatic rings. The Bertz CT molecular complexity index is 334. The van der Waals surface area contributed by atoms with Crippen LogP contribution < -0.4 is 5.73 Å². The number of allylic oxidation sites excluding steroid dienone is 1. The number of halogens is 1. The molecular weight excluding hydrogens is 202 g/mol. The molecule has 0 fully saturated rings. The standard InChI is InChI=1S/C10H12ClNS/c1-3-9(12)13-8-6-4-5-7(2)10(8)11/h3-6H,12H2,1-2H3/b9-3+. The van der Waals surface area contributed by atoms with Gasteiger partial charge in [-0.3, -0.25) is 0 Å². The number of rotatable bonds is 2. The van der Waals surface area contributed by atoms with Gasteiger partial charge in [0.15, 0.2) is 0 Å². The van der Waals surface area contributed by atoms with Crippen LogP contribution >= 0.6 is 23.4 Å². The number of nitrogens with two attached hydrogens (primary N) is 1. The maximum absolute atomic E-state index is 6.09. The van der Waals surface area contributed by atoms with Gasteiger partial charge in [-0.2, -0.15) is 0 Å². The fourth-order valence-electron chi connectivity index (χ4n) is 0.885. The van der Waals surface area contributed by atoms with Crippen molar-refractivity contribution in [3.05, 3.63) is 39.9 Å². The highest BCUT2D eigenvalue weighted by Crippen LogP contribution is 2.32. The summed E-state index contributed by atoms with van der Waals surface area (Å²) in [4.78, 5) is 1.01. The summed E-state index contributed by atoms with van der Waals surface area (Å²) in [6, 6.07) is 5.93. The summed E-state index contributed by atoms with van der Waals surface area (Å²) in [5, 5.41) is 1.56. The molecule has 0 heterocycles. The second kappa shape index (κ2) is 4.58. The summed E-state index contributed by atoms with van der Waals surface area (Å²) >= 11 is 7.58. The van der Waals surface area contributed by atoms with E-state index in [0.29, 0.717) is 0 Å². The van der Waals surface area contributed by atoms with E-state index in [1.807, 2.05) is 38.1 Å². The lowest BCUT2D eigenvalue weighted by Crippen LogP contribution is -1.91. The minimum atomic E-state index is 0.771. The first kappa shape index (κ1) is 10.5. The molecule has 0 amide bonds. The average molecular weight is 214 g/mol. The fraction of sp³-hybridized carbons (Fsp3) is 0.200. The van der Waals surface area contributed by atoms with Gasteiger partial charge in [-0.1, -0.05) is 41.6 Å². The van der Waals surface area contributed by atoms with Crippen LogP contribution in [0.4, 0.5) is 0 Å². The van der Waals surface area contributed by atoms with Crippen LogP contribution in [0.3, 0.4) is 0 Å². The summed E-state index contributed by atoms with van der Waals surface area (Å²) in [5.74, 6) is 0. The number of aryl methyl sites for hydroxylation is 1. The number of thioether (sulfide) groups is 1. The molecule has 13 heavy (non-hydrogen) atoms. The summed E-state index contributed by atoms with van der Waals surface area (Å²) in [5.41, 5.74) is 6.77. The van der Waals surface area contributed by atoms with Gasteiger partial charge in [0.05, 0.1) is 10.1 Å². The molecule has 1 aromatic carbocycles. The van der Waals surface area contributed by atoms with E-state index in [9.17, 15) is 0 Å². The van der Waals surface area contributed by atoms with Crippen LogP contribution in [0.15, 0.2) is 34.2 Å². The van der Waals surface area contributed by atoms with Crippen LogP contribution in [-0.4, -0.2) is 0 Å². The van der Waals surface area contributed by atoms with Gasteiger partial charge < -0.3 is 5.73 Å². The van der Waals surface area contributed by atoms with Crippen LogP contribution in [0.2, 0.25) is 5.02 Å². The van der Waals surface area contributed by atoms with Crippen molar-refractivity contribution in [3.63, 3.8) is 0 Å². The minimum Gasteiger partial charge on any atom is -0.394 e. The van der Waals surface area contributed by atoms with Crippen molar-refractivity contribution in [1.82, 2.24) is 0 Å². The van der Waals surface area contributed by atoms with E-state index in [4.69, 9.17) is 17.3 Å². The third-order valence-corrected chi connectivity index (χ3v) is 3.31. The molecule has 2 N–H and O–H groups in total. The largest absolute Gasteiger partial charge is 0.394 e. The Morgan fingerprint density at radius 2 is 2.23 bits per heavy atom. The lowest BCUT2D eigenvalue weighted by molar-refractivity contribution is 1.36. The highest BCUT2D eigenvalue weighted by molar-refractivity contribution is 8.03. The van der Waals surface area contributed by atoms with Gasteiger partial charge in [-0.05, 0) is 25.5 Å². The molecule has 0 spiro atoms. The monoisotopic (exact) mass is 213 g/mol.